The topological polar surface area (TPSA) is 33.7 Å². The molecule has 0 atom stereocenters. The third-order valence-electron chi connectivity index (χ3n) is 3.51. The van der Waals surface area contributed by atoms with Crippen LogP contribution in [0.1, 0.15) is 11.1 Å². The van der Waals surface area contributed by atoms with Crippen LogP contribution in [0.2, 0.25) is 0 Å². The average molecular weight is 288 g/mol. The van der Waals surface area contributed by atoms with Gasteiger partial charge >= 0.3 is 6.18 Å². The maximum Gasteiger partial charge on any atom is 0.416 e. The summed E-state index contributed by atoms with van der Waals surface area (Å²) in [6, 6.07) is 2.49. The zero-order valence-electron chi connectivity index (χ0n) is 10.8. The Labute approximate surface area is 114 Å². The normalized spacial score (nSPS) is 19.4. The van der Waals surface area contributed by atoms with Gasteiger partial charge in [-0.15, -0.1) is 0 Å². The fraction of sp³-hybridized carbons (Fsp3) is 0.538. The number of benzene rings is 1. The van der Waals surface area contributed by atoms with Crippen LogP contribution in [0, 0.1) is 0 Å². The molecule has 0 radical (unpaired) electrons. The summed E-state index contributed by atoms with van der Waals surface area (Å²) >= 11 is 0. The van der Waals surface area contributed by atoms with E-state index in [-0.39, 0.29) is 24.7 Å². The Morgan fingerprint density at radius 3 is 2.40 bits per heavy atom. The fourth-order valence-electron chi connectivity index (χ4n) is 2.49. The van der Waals surface area contributed by atoms with Gasteiger partial charge in [0.2, 0.25) is 6.79 Å². The summed E-state index contributed by atoms with van der Waals surface area (Å²) in [5.41, 5.74) is -0.399. The number of hydrogen-bond donors (Lipinski definition) is 1. The third-order valence-corrected chi connectivity index (χ3v) is 3.51. The molecule has 2 aliphatic heterocycles. The Bertz CT molecular complexity index is 499. The summed E-state index contributed by atoms with van der Waals surface area (Å²) in [4.78, 5) is 2.00. The van der Waals surface area contributed by atoms with Gasteiger partial charge in [0, 0.05) is 32.7 Å². The van der Waals surface area contributed by atoms with E-state index >= 15 is 0 Å². The second kappa shape index (κ2) is 5.14. The predicted octanol–water partition coefficient (Wildman–Crippen LogP) is 1.84. The third kappa shape index (κ3) is 2.69. The molecule has 1 saturated heterocycles. The van der Waals surface area contributed by atoms with Gasteiger partial charge in [-0.25, -0.2) is 0 Å². The summed E-state index contributed by atoms with van der Waals surface area (Å²) in [5, 5.41) is 3.18. The van der Waals surface area contributed by atoms with Gasteiger partial charge in [-0.2, -0.15) is 13.2 Å². The Morgan fingerprint density at radius 1 is 1.10 bits per heavy atom. The van der Waals surface area contributed by atoms with Crippen molar-refractivity contribution in [1.82, 2.24) is 10.2 Å². The van der Waals surface area contributed by atoms with Crippen molar-refractivity contribution in [3.8, 4) is 11.5 Å². The van der Waals surface area contributed by atoms with E-state index in [0.29, 0.717) is 5.75 Å². The van der Waals surface area contributed by atoms with Gasteiger partial charge in [0.25, 0.3) is 0 Å². The molecule has 0 saturated carbocycles. The minimum atomic E-state index is -4.38. The summed E-state index contributed by atoms with van der Waals surface area (Å²) in [6.07, 6.45) is -4.38. The van der Waals surface area contributed by atoms with Crippen LogP contribution in [0.5, 0.6) is 11.5 Å². The van der Waals surface area contributed by atoms with Crippen molar-refractivity contribution in [2.45, 2.75) is 12.7 Å². The molecule has 20 heavy (non-hydrogen) atoms. The summed E-state index contributed by atoms with van der Waals surface area (Å²) in [5.74, 6) is 0.560. The van der Waals surface area contributed by atoms with Crippen molar-refractivity contribution >= 4 is 0 Å². The highest BCUT2D eigenvalue weighted by atomic mass is 19.4. The van der Waals surface area contributed by atoms with E-state index in [9.17, 15) is 13.2 Å². The molecule has 3 rings (SSSR count). The Hall–Kier alpha value is -1.47. The lowest BCUT2D eigenvalue weighted by Crippen LogP contribution is -2.43. The minimum absolute atomic E-state index is 0.0241. The van der Waals surface area contributed by atoms with E-state index in [2.05, 4.69) is 5.32 Å². The molecule has 1 fully saturated rings. The first-order valence-corrected chi connectivity index (χ1v) is 6.47. The second-order valence-electron chi connectivity index (χ2n) is 4.89. The number of rotatable bonds is 2. The predicted molar refractivity (Wildman–Crippen MR) is 65.7 cm³/mol. The lowest BCUT2D eigenvalue weighted by Gasteiger charge is -2.28. The number of halogens is 3. The van der Waals surface area contributed by atoms with Crippen molar-refractivity contribution in [3.63, 3.8) is 0 Å². The molecule has 4 nitrogen and oxygen atoms in total. The van der Waals surface area contributed by atoms with Gasteiger partial charge in [0.1, 0.15) is 0 Å². The number of piperazine rings is 1. The van der Waals surface area contributed by atoms with Crippen LogP contribution in [0.3, 0.4) is 0 Å². The highest BCUT2D eigenvalue weighted by Gasteiger charge is 2.36. The molecular weight excluding hydrogens is 273 g/mol. The van der Waals surface area contributed by atoms with Gasteiger partial charge in [0.15, 0.2) is 11.5 Å². The van der Waals surface area contributed by atoms with E-state index in [1.54, 1.807) is 0 Å². The molecule has 110 valence electrons. The Kier molecular flexibility index (Phi) is 3.47. The summed E-state index contributed by atoms with van der Waals surface area (Å²) in [6.45, 7) is 3.33. The van der Waals surface area contributed by atoms with Crippen molar-refractivity contribution in [1.29, 1.82) is 0 Å². The van der Waals surface area contributed by atoms with E-state index < -0.39 is 11.7 Å². The number of ether oxygens (including phenoxy) is 2. The number of nitrogens with one attached hydrogen (secondary N) is 1. The van der Waals surface area contributed by atoms with Crippen molar-refractivity contribution in [3.05, 3.63) is 23.3 Å². The van der Waals surface area contributed by atoms with Crippen molar-refractivity contribution in [2.24, 2.45) is 0 Å². The first-order valence-electron chi connectivity index (χ1n) is 6.47. The fourth-order valence-corrected chi connectivity index (χ4v) is 2.49. The van der Waals surface area contributed by atoms with E-state index in [1.165, 1.54) is 6.07 Å². The van der Waals surface area contributed by atoms with E-state index in [4.69, 9.17) is 9.47 Å². The van der Waals surface area contributed by atoms with Crippen molar-refractivity contribution < 1.29 is 22.6 Å². The molecule has 0 bridgehead atoms. The molecule has 2 heterocycles. The van der Waals surface area contributed by atoms with Crippen LogP contribution in [0.4, 0.5) is 13.2 Å². The zero-order chi connectivity index (χ0) is 14.2. The molecule has 0 aromatic heterocycles. The van der Waals surface area contributed by atoms with Crippen LogP contribution in [-0.4, -0.2) is 37.9 Å². The van der Waals surface area contributed by atoms with Crippen molar-refractivity contribution in [2.75, 3.05) is 33.0 Å². The summed E-state index contributed by atoms with van der Waals surface area (Å²) in [7, 11) is 0. The highest BCUT2D eigenvalue weighted by Crippen LogP contribution is 2.41. The average Bonchev–Trinajstić information content (AvgIpc) is 2.85. The number of nitrogens with zero attached hydrogens (tertiary/aromatic N) is 1. The molecule has 0 aliphatic carbocycles. The quantitative estimate of drug-likeness (QED) is 0.900. The lowest BCUT2D eigenvalue weighted by atomic mass is 10.0. The monoisotopic (exact) mass is 288 g/mol. The molecule has 0 spiro atoms. The van der Waals surface area contributed by atoms with E-state index in [1.807, 2.05) is 4.90 Å². The maximum atomic E-state index is 13.1. The molecule has 1 aromatic carbocycles. The van der Waals surface area contributed by atoms with E-state index in [0.717, 1.165) is 32.2 Å². The number of fused-ring (bicyclic) bond motifs is 1. The Balaban J connectivity index is 1.91. The summed E-state index contributed by atoms with van der Waals surface area (Å²) < 4.78 is 49.6. The van der Waals surface area contributed by atoms with Gasteiger partial charge in [-0.3, -0.25) is 4.90 Å². The van der Waals surface area contributed by atoms with Crippen LogP contribution >= 0.6 is 0 Å². The SMILES string of the molecule is FC(F)(F)c1cc2c(cc1CN1CCNCC1)OCO2. The molecule has 0 unspecified atom stereocenters. The van der Waals surface area contributed by atoms with Crippen LogP contribution in [0.15, 0.2) is 12.1 Å². The standard InChI is InChI=1S/C13H15F3N2O2/c14-13(15,16)10-6-12-11(19-8-20-12)5-9(10)7-18-3-1-17-2-4-18/h5-6,17H,1-4,7-8H2. The van der Waals surface area contributed by atoms with Crippen LogP contribution in [0.25, 0.3) is 0 Å². The Morgan fingerprint density at radius 2 is 1.75 bits per heavy atom. The second-order valence-corrected chi connectivity index (χ2v) is 4.89. The lowest BCUT2D eigenvalue weighted by molar-refractivity contribution is -0.138. The first-order chi connectivity index (χ1) is 9.54. The maximum absolute atomic E-state index is 13.1. The number of hydrogen-bond acceptors (Lipinski definition) is 4. The number of alkyl halides is 3. The van der Waals surface area contributed by atoms with Crippen LogP contribution < -0.4 is 14.8 Å². The van der Waals surface area contributed by atoms with Gasteiger partial charge < -0.3 is 14.8 Å². The highest BCUT2D eigenvalue weighted by molar-refractivity contribution is 5.49. The van der Waals surface area contributed by atoms with Gasteiger partial charge in [-0.05, 0) is 17.7 Å². The molecule has 0 amide bonds. The molecule has 1 aromatic rings. The first kappa shape index (κ1) is 13.5. The zero-order valence-corrected chi connectivity index (χ0v) is 10.8. The molecule has 1 N–H and O–H groups in total. The minimum Gasteiger partial charge on any atom is -0.454 e. The van der Waals surface area contributed by atoms with Crippen LogP contribution in [-0.2, 0) is 12.7 Å². The molecular formula is C13H15F3N2O2. The van der Waals surface area contributed by atoms with Gasteiger partial charge in [-0.1, -0.05) is 0 Å². The van der Waals surface area contributed by atoms with Gasteiger partial charge in [0.05, 0.1) is 5.56 Å². The molecule has 2 aliphatic rings. The molecule has 7 heteroatoms. The smallest absolute Gasteiger partial charge is 0.416 e. The largest absolute Gasteiger partial charge is 0.454 e.